The molecule has 2 N–H and O–H groups in total. The van der Waals surface area contributed by atoms with E-state index in [4.69, 9.17) is 9.47 Å². The van der Waals surface area contributed by atoms with Gasteiger partial charge in [0.05, 0.1) is 21.9 Å². The Kier molecular flexibility index (Phi) is 10.6. The summed E-state index contributed by atoms with van der Waals surface area (Å²) >= 11 is 0. The summed E-state index contributed by atoms with van der Waals surface area (Å²) in [6.07, 6.45) is 1.43. The molecule has 14 nitrogen and oxygen atoms in total. The number of nitrogens with zero attached hydrogens (tertiary/aromatic N) is 8. The van der Waals surface area contributed by atoms with Gasteiger partial charge in [-0.1, -0.05) is 0 Å². The lowest BCUT2D eigenvalue weighted by Crippen LogP contribution is -2.12. The van der Waals surface area contributed by atoms with E-state index in [-0.39, 0.29) is 17.1 Å². The third-order valence-electron chi connectivity index (χ3n) is 5.86. The van der Waals surface area contributed by atoms with Gasteiger partial charge in [0.2, 0.25) is 0 Å². The van der Waals surface area contributed by atoms with Crippen LogP contribution >= 0.6 is 0 Å². The van der Waals surface area contributed by atoms with Crippen LogP contribution in [0, 0.1) is 46.6 Å². The van der Waals surface area contributed by atoms with Crippen molar-refractivity contribution in [3.8, 4) is 17.8 Å². The van der Waals surface area contributed by atoms with Crippen LogP contribution in [0.15, 0.2) is 34.5 Å². The summed E-state index contributed by atoms with van der Waals surface area (Å²) in [6, 6.07) is 10.00. The number of nitro benzene ring substituents is 1. The van der Waals surface area contributed by atoms with Crippen molar-refractivity contribution < 1.29 is 14.4 Å². The standard InChI is InChI=1S/C26H30N10O4/c1-17-21(15-27)24(29-11-5-13-39-3)31-25(30-12-6-14-40-4)23(17)32-33-26-22(16-28)18(2)34-35(26)19-7-9-20(10-8-19)36(37)38/h7-10H,5-6,11-14H2,1-4H3,(H2,29,30,31). The second-order valence-corrected chi connectivity index (χ2v) is 8.60. The number of benzene rings is 1. The Hall–Kier alpha value is -4.92. The lowest BCUT2D eigenvalue weighted by molar-refractivity contribution is -0.384. The number of aromatic nitrogens is 3. The van der Waals surface area contributed by atoms with Crippen molar-refractivity contribution in [3.05, 3.63) is 56.8 Å². The van der Waals surface area contributed by atoms with Gasteiger partial charge >= 0.3 is 0 Å². The molecule has 0 aliphatic carbocycles. The fourth-order valence-corrected chi connectivity index (χ4v) is 3.78. The van der Waals surface area contributed by atoms with Crippen molar-refractivity contribution in [2.24, 2.45) is 10.2 Å². The summed E-state index contributed by atoms with van der Waals surface area (Å²) in [5.74, 6) is 0.954. The van der Waals surface area contributed by atoms with Crippen molar-refractivity contribution >= 4 is 28.8 Å². The molecule has 0 fully saturated rings. The zero-order valence-corrected chi connectivity index (χ0v) is 22.8. The van der Waals surface area contributed by atoms with E-state index >= 15 is 0 Å². The highest BCUT2D eigenvalue weighted by Gasteiger charge is 2.20. The first-order valence-electron chi connectivity index (χ1n) is 12.4. The van der Waals surface area contributed by atoms with E-state index in [0.29, 0.717) is 72.6 Å². The summed E-state index contributed by atoms with van der Waals surface area (Å²) in [5, 5.41) is 50.4. The fourth-order valence-electron chi connectivity index (χ4n) is 3.78. The van der Waals surface area contributed by atoms with Crippen LogP contribution in [0.2, 0.25) is 0 Å². The van der Waals surface area contributed by atoms with Gasteiger partial charge in [0.15, 0.2) is 11.6 Å². The van der Waals surface area contributed by atoms with Crippen LogP contribution in [0.1, 0.15) is 35.2 Å². The van der Waals surface area contributed by atoms with Gasteiger partial charge in [-0.2, -0.15) is 15.6 Å². The van der Waals surface area contributed by atoms with Gasteiger partial charge in [-0.25, -0.2) is 9.67 Å². The van der Waals surface area contributed by atoms with Crippen LogP contribution in [-0.4, -0.2) is 60.2 Å². The van der Waals surface area contributed by atoms with Crippen molar-refractivity contribution in [2.45, 2.75) is 26.7 Å². The van der Waals surface area contributed by atoms with E-state index in [1.165, 1.54) is 28.9 Å². The van der Waals surface area contributed by atoms with Crippen LogP contribution in [0.25, 0.3) is 5.69 Å². The number of aryl methyl sites for hydroxylation is 1. The summed E-state index contributed by atoms with van der Waals surface area (Å²) in [6.45, 7) is 5.59. The summed E-state index contributed by atoms with van der Waals surface area (Å²) in [4.78, 5) is 15.2. The van der Waals surface area contributed by atoms with Crippen LogP contribution in [0.4, 0.5) is 28.8 Å². The first-order valence-corrected chi connectivity index (χ1v) is 12.4. The first-order chi connectivity index (χ1) is 19.4. The van der Waals surface area contributed by atoms with Crippen LogP contribution < -0.4 is 10.6 Å². The molecular formula is C26H30N10O4. The molecule has 0 bridgehead atoms. The molecule has 208 valence electrons. The number of nitro groups is 1. The molecule has 0 amide bonds. The average Bonchev–Trinajstić information content (AvgIpc) is 3.27. The Morgan fingerprint density at radius 3 is 2.12 bits per heavy atom. The molecule has 2 aromatic heterocycles. The maximum atomic E-state index is 11.1. The third-order valence-corrected chi connectivity index (χ3v) is 5.86. The quantitative estimate of drug-likeness (QED) is 0.122. The summed E-state index contributed by atoms with van der Waals surface area (Å²) in [7, 11) is 3.24. The molecule has 0 saturated heterocycles. The lowest BCUT2D eigenvalue weighted by atomic mass is 10.1. The normalized spacial score (nSPS) is 10.8. The van der Waals surface area contributed by atoms with Crippen molar-refractivity contribution in [3.63, 3.8) is 0 Å². The molecule has 2 heterocycles. The Bertz CT molecular complexity index is 1450. The minimum Gasteiger partial charge on any atom is -0.385 e. The molecule has 1 aromatic carbocycles. The van der Waals surface area contributed by atoms with Gasteiger partial charge < -0.3 is 20.1 Å². The predicted molar refractivity (Wildman–Crippen MR) is 148 cm³/mol. The number of pyridine rings is 1. The molecule has 0 spiro atoms. The van der Waals surface area contributed by atoms with E-state index in [1.807, 2.05) is 0 Å². The Morgan fingerprint density at radius 2 is 1.57 bits per heavy atom. The minimum atomic E-state index is -0.501. The van der Waals surface area contributed by atoms with E-state index < -0.39 is 4.92 Å². The number of anilines is 2. The predicted octanol–water partition coefficient (Wildman–Crippen LogP) is 4.85. The first kappa shape index (κ1) is 29.6. The molecule has 3 rings (SSSR count). The number of non-ortho nitro benzene ring substituents is 1. The van der Waals surface area contributed by atoms with Crippen LogP contribution in [-0.2, 0) is 9.47 Å². The summed E-state index contributed by atoms with van der Waals surface area (Å²) in [5.41, 5.74) is 2.17. The van der Waals surface area contributed by atoms with Crippen LogP contribution in [0.5, 0.6) is 0 Å². The summed E-state index contributed by atoms with van der Waals surface area (Å²) < 4.78 is 11.6. The molecule has 0 aliphatic rings. The fraction of sp³-hybridized carbons (Fsp3) is 0.385. The molecular weight excluding hydrogens is 516 g/mol. The molecule has 0 aliphatic heterocycles. The zero-order chi connectivity index (χ0) is 29.1. The van der Waals surface area contributed by atoms with Gasteiger partial charge in [0, 0.05) is 58.2 Å². The monoisotopic (exact) mass is 546 g/mol. The number of nitriles is 2. The molecule has 14 heteroatoms. The van der Waals surface area contributed by atoms with Gasteiger partial charge in [-0.3, -0.25) is 10.1 Å². The Balaban J connectivity index is 2.08. The number of methoxy groups -OCH3 is 2. The topological polar surface area (TPSA) is 189 Å². The second kappa shape index (κ2) is 14.3. The van der Waals surface area contributed by atoms with Crippen molar-refractivity contribution in [2.75, 3.05) is 51.2 Å². The smallest absolute Gasteiger partial charge is 0.269 e. The second-order valence-electron chi connectivity index (χ2n) is 8.60. The number of azo groups is 1. The SMILES string of the molecule is COCCCNc1nc(NCCCOC)c(N=Nc2c(C#N)c(C)nn2-c2ccc([N+](=O)[O-])cc2)c(C)c1C#N. The van der Waals surface area contributed by atoms with Crippen molar-refractivity contribution in [1.82, 2.24) is 14.8 Å². The molecule has 0 radical (unpaired) electrons. The molecule has 0 saturated carbocycles. The van der Waals surface area contributed by atoms with Crippen LogP contribution in [0.3, 0.4) is 0 Å². The number of nitrogens with one attached hydrogen (secondary N) is 2. The average molecular weight is 547 g/mol. The van der Waals surface area contributed by atoms with E-state index in [0.717, 1.165) is 6.42 Å². The number of hydrogen-bond donors (Lipinski definition) is 2. The number of ether oxygens (including phenoxy) is 2. The molecule has 0 unspecified atom stereocenters. The highest BCUT2D eigenvalue weighted by Crippen LogP contribution is 2.36. The highest BCUT2D eigenvalue weighted by atomic mass is 16.6. The molecule has 0 atom stereocenters. The van der Waals surface area contributed by atoms with Gasteiger partial charge in [0.25, 0.3) is 5.69 Å². The largest absolute Gasteiger partial charge is 0.385 e. The lowest BCUT2D eigenvalue weighted by Gasteiger charge is -2.15. The third kappa shape index (κ3) is 6.93. The maximum Gasteiger partial charge on any atom is 0.269 e. The number of rotatable bonds is 14. The maximum absolute atomic E-state index is 11.1. The van der Waals surface area contributed by atoms with E-state index in [9.17, 15) is 20.6 Å². The number of hydrogen-bond acceptors (Lipinski definition) is 12. The Labute approximate surface area is 231 Å². The molecule has 3 aromatic rings. The zero-order valence-electron chi connectivity index (χ0n) is 22.8. The van der Waals surface area contributed by atoms with E-state index in [2.05, 4.69) is 43.1 Å². The van der Waals surface area contributed by atoms with Gasteiger partial charge in [-0.15, -0.1) is 10.2 Å². The van der Waals surface area contributed by atoms with E-state index in [1.54, 1.807) is 28.1 Å². The van der Waals surface area contributed by atoms with Gasteiger partial charge in [0.1, 0.15) is 29.2 Å². The highest BCUT2D eigenvalue weighted by molar-refractivity contribution is 5.74. The Morgan fingerprint density at radius 1 is 0.975 bits per heavy atom. The molecule has 40 heavy (non-hydrogen) atoms. The van der Waals surface area contributed by atoms with Crippen molar-refractivity contribution in [1.29, 1.82) is 10.5 Å². The van der Waals surface area contributed by atoms with Gasteiger partial charge in [-0.05, 0) is 38.8 Å². The minimum absolute atomic E-state index is 0.0813.